The molecule has 2 aliphatic rings. The molecule has 1 N–H and O–H groups in total. The number of benzene rings is 1. The van der Waals surface area contributed by atoms with Crippen LogP contribution in [0, 0.1) is 5.92 Å². The van der Waals surface area contributed by atoms with E-state index in [2.05, 4.69) is 48.3 Å². The fraction of sp³-hybridized carbons (Fsp3) is 0.667. The molecule has 1 heterocycles. The highest BCUT2D eigenvalue weighted by atomic mass is 15.2. The number of hydrogen-bond acceptors (Lipinski definition) is 2. The van der Waals surface area contributed by atoms with Crippen molar-refractivity contribution in [1.29, 1.82) is 0 Å². The van der Waals surface area contributed by atoms with Crippen molar-refractivity contribution in [2.75, 3.05) is 19.6 Å². The lowest BCUT2D eigenvalue weighted by Crippen LogP contribution is -2.41. The van der Waals surface area contributed by atoms with E-state index in [-0.39, 0.29) is 0 Å². The molecule has 110 valence electrons. The van der Waals surface area contributed by atoms with Crippen molar-refractivity contribution < 1.29 is 0 Å². The van der Waals surface area contributed by atoms with Gasteiger partial charge >= 0.3 is 0 Å². The Morgan fingerprint density at radius 1 is 1.25 bits per heavy atom. The Kier molecular flexibility index (Phi) is 4.42. The average molecular weight is 272 g/mol. The van der Waals surface area contributed by atoms with E-state index in [9.17, 15) is 0 Å². The number of fused-ring (bicyclic) bond motifs is 1. The fourth-order valence-electron chi connectivity index (χ4n) is 4.19. The maximum Gasteiger partial charge on any atom is 0.0484 e. The molecule has 1 aliphatic carbocycles. The normalized spacial score (nSPS) is 29.8. The summed E-state index contributed by atoms with van der Waals surface area (Å²) in [5.41, 5.74) is 3.10. The first kappa shape index (κ1) is 14.1. The SMILES string of the molecule is CCCC1CCN(C2Cc3ccccc3C2NCC)C1. The van der Waals surface area contributed by atoms with Crippen LogP contribution < -0.4 is 5.32 Å². The molecule has 1 aromatic carbocycles. The highest BCUT2D eigenvalue weighted by Gasteiger charge is 2.38. The van der Waals surface area contributed by atoms with Crippen molar-refractivity contribution in [3.8, 4) is 0 Å². The molecule has 3 atom stereocenters. The summed E-state index contributed by atoms with van der Waals surface area (Å²) in [5, 5.41) is 3.73. The predicted molar refractivity (Wildman–Crippen MR) is 84.9 cm³/mol. The van der Waals surface area contributed by atoms with Gasteiger partial charge in [0.2, 0.25) is 0 Å². The van der Waals surface area contributed by atoms with Crippen LogP contribution in [0.3, 0.4) is 0 Å². The third-order valence-electron chi connectivity index (χ3n) is 5.11. The van der Waals surface area contributed by atoms with E-state index in [0.29, 0.717) is 12.1 Å². The molecule has 0 radical (unpaired) electrons. The van der Waals surface area contributed by atoms with Gasteiger partial charge in [0, 0.05) is 18.6 Å². The summed E-state index contributed by atoms with van der Waals surface area (Å²) in [4.78, 5) is 2.76. The van der Waals surface area contributed by atoms with Crippen LogP contribution in [0.2, 0.25) is 0 Å². The molecule has 2 heteroatoms. The van der Waals surface area contributed by atoms with Crippen molar-refractivity contribution in [1.82, 2.24) is 10.2 Å². The van der Waals surface area contributed by atoms with E-state index >= 15 is 0 Å². The third kappa shape index (κ3) is 2.64. The lowest BCUT2D eigenvalue weighted by Gasteiger charge is -2.30. The first-order valence-corrected chi connectivity index (χ1v) is 8.38. The van der Waals surface area contributed by atoms with Gasteiger partial charge in [-0.3, -0.25) is 4.90 Å². The summed E-state index contributed by atoms with van der Waals surface area (Å²) in [6.07, 6.45) is 5.37. The summed E-state index contributed by atoms with van der Waals surface area (Å²) >= 11 is 0. The molecule has 0 amide bonds. The topological polar surface area (TPSA) is 15.3 Å². The van der Waals surface area contributed by atoms with Crippen LogP contribution in [0.4, 0.5) is 0 Å². The van der Waals surface area contributed by atoms with E-state index in [1.165, 1.54) is 38.8 Å². The highest BCUT2D eigenvalue weighted by Crippen LogP contribution is 2.37. The molecular formula is C18H28N2. The van der Waals surface area contributed by atoms with Gasteiger partial charge < -0.3 is 5.32 Å². The molecule has 1 aromatic rings. The van der Waals surface area contributed by atoms with Crippen molar-refractivity contribution in [3.05, 3.63) is 35.4 Å². The smallest absolute Gasteiger partial charge is 0.0484 e. The number of nitrogens with zero attached hydrogens (tertiary/aromatic N) is 1. The minimum absolute atomic E-state index is 0.538. The van der Waals surface area contributed by atoms with Gasteiger partial charge in [-0.25, -0.2) is 0 Å². The summed E-state index contributed by atoms with van der Waals surface area (Å²) in [5.74, 6) is 0.936. The van der Waals surface area contributed by atoms with Crippen LogP contribution in [-0.2, 0) is 6.42 Å². The molecule has 0 spiro atoms. The van der Waals surface area contributed by atoms with Gasteiger partial charge in [-0.05, 0) is 49.4 Å². The van der Waals surface area contributed by atoms with E-state index in [4.69, 9.17) is 0 Å². The number of hydrogen-bond donors (Lipinski definition) is 1. The molecule has 0 aromatic heterocycles. The maximum absolute atomic E-state index is 3.73. The van der Waals surface area contributed by atoms with Crippen LogP contribution in [0.1, 0.15) is 50.3 Å². The Bertz CT molecular complexity index is 443. The van der Waals surface area contributed by atoms with Gasteiger partial charge in [0.25, 0.3) is 0 Å². The molecule has 1 aliphatic heterocycles. The van der Waals surface area contributed by atoms with Gasteiger partial charge in [0.15, 0.2) is 0 Å². The van der Waals surface area contributed by atoms with Gasteiger partial charge in [-0.15, -0.1) is 0 Å². The quantitative estimate of drug-likeness (QED) is 0.884. The first-order valence-electron chi connectivity index (χ1n) is 8.38. The van der Waals surface area contributed by atoms with Crippen LogP contribution in [-0.4, -0.2) is 30.6 Å². The Morgan fingerprint density at radius 2 is 2.10 bits per heavy atom. The maximum atomic E-state index is 3.73. The van der Waals surface area contributed by atoms with Gasteiger partial charge in [0.05, 0.1) is 0 Å². The molecule has 2 nitrogen and oxygen atoms in total. The molecule has 20 heavy (non-hydrogen) atoms. The van der Waals surface area contributed by atoms with Crippen molar-refractivity contribution in [3.63, 3.8) is 0 Å². The molecule has 0 saturated carbocycles. The zero-order valence-electron chi connectivity index (χ0n) is 12.9. The van der Waals surface area contributed by atoms with Crippen LogP contribution in [0.15, 0.2) is 24.3 Å². The summed E-state index contributed by atoms with van der Waals surface area (Å²) in [6.45, 7) is 8.21. The van der Waals surface area contributed by atoms with Gasteiger partial charge in [0.1, 0.15) is 0 Å². The largest absolute Gasteiger partial charge is 0.309 e. The fourth-order valence-corrected chi connectivity index (χ4v) is 4.19. The number of nitrogens with one attached hydrogen (secondary N) is 1. The Labute approximate surface area is 123 Å². The predicted octanol–water partition coefficient (Wildman–Crippen LogP) is 3.38. The minimum atomic E-state index is 0.538. The Morgan fingerprint density at radius 3 is 2.90 bits per heavy atom. The van der Waals surface area contributed by atoms with E-state index < -0.39 is 0 Å². The Balaban J connectivity index is 1.74. The minimum Gasteiger partial charge on any atom is -0.309 e. The lowest BCUT2D eigenvalue weighted by atomic mass is 10.0. The molecule has 3 rings (SSSR count). The summed E-state index contributed by atoms with van der Waals surface area (Å²) < 4.78 is 0. The monoisotopic (exact) mass is 272 g/mol. The van der Waals surface area contributed by atoms with Crippen LogP contribution in [0.25, 0.3) is 0 Å². The van der Waals surface area contributed by atoms with Crippen molar-refractivity contribution in [2.24, 2.45) is 5.92 Å². The summed E-state index contributed by atoms with van der Waals surface area (Å²) in [7, 11) is 0. The van der Waals surface area contributed by atoms with Crippen LogP contribution in [0.5, 0.6) is 0 Å². The van der Waals surface area contributed by atoms with E-state index in [1.54, 1.807) is 11.1 Å². The first-order chi connectivity index (χ1) is 9.83. The standard InChI is InChI=1S/C18H28N2/c1-3-7-14-10-11-20(13-14)17-12-15-8-5-6-9-16(15)18(17)19-4-2/h5-6,8-9,14,17-19H,3-4,7,10-13H2,1-2H3. The molecule has 3 unspecified atom stereocenters. The molecule has 1 fully saturated rings. The van der Waals surface area contributed by atoms with Crippen molar-refractivity contribution in [2.45, 2.75) is 51.6 Å². The second kappa shape index (κ2) is 6.28. The second-order valence-electron chi connectivity index (χ2n) is 6.44. The van der Waals surface area contributed by atoms with Crippen LogP contribution >= 0.6 is 0 Å². The average Bonchev–Trinajstić information content (AvgIpc) is 3.05. The van der Waals surface area contributed by atoms with Gasteiger partial charge in [-0.1, -0.05) is 44.5 Å². The molecular weight excluding hydrogens is 244 g/mol. The number of rotatable bonds is 5. The third-order valence-corrected chi connectivity index (χ3v) is 5.11. The second-order valence-corrected chi connectivity index (χ2v) is 6.44. The van der Waals surface area contributed by atoms with Crippen molar-refractivity contribution >= 4 is 0 Å². The summed E-state index contributed by atoms with van der Waals surface area (Å²) in [6, 6.07) is 10.2. The lowest BCUT2D eigenvalue weighted by molar-refractivity contribution is 0.197. The Hall–Kier alpha value is -0.860. The van der Waals surface area contributed by atoms with E-state index in [1.807, 2.05) is 0 Å². The zero-order chi connectivity index (χ0) is 13.9. The molecule has 0 bridgehead atoms. The number of likely N-dealkylation sites (tertiary alicyclic amines) is 1. The molecule has 1 saturated heterocycles. The van der Waals surface area contributed by atoms with Gasteiger partial charge in [-0.2, -0.15) is 0 Å². The van der Waals surface area contributed by atoms with E-state index in [0.717, 1.165) is 12.5 Å². The zero-order valence-corrected chi connectivity index (χ0v) is 12.9. The number of likely N-dealkylation sites (N-methyl/N-ethyl adjacent to an activating group) is 1. The highest BCUT2D eigenvalue weighted by molar-refractivity contribution is 5.37.